The smallest absolute Gasteiger partial charge is 0.274 e. The minimum absolute atomic E-state index is 0.0254. The van der Waals surface area contributed by atoms with E-state index in [4.69, 9.17) is 9.94 Å². The van der Waals surface area contributed by atoms with E-state index in [9.17, 15) is 9.59 Å². The van der Waals surface area contributed by atoms with Crippen molar-refractivity contribution in [1.82, 2.24) is 10.5 Å². The maximum Gasteiger partial charge on any atom is 0.274 e. The molecule has 0 fully saturated rings. The van der Waals surface area contributed by atoms with Crippen LogP contribution in [0.3, 0.4) is 0 Å². The van der Waals surface area contributed by atoms with Crippen molar-refractivity contribution in [3.63, 3.8) is 0 Å². The zero-order chi connectivity index (χ0) is 19.2. The first kappa shape index (κ1) is 18.0. The average Bonchev–Trinajstić information content (AvgIpc) is 3.08. The number of H-pyrrole nitrogens is 1. The average molecular weight is 363 g/mol. The van der Waals surface area contributed by atoms with Crippen LogP contribution in [0, 0.1) is 11.8 Å². The van der Waals surface area contributed by atoms with Crippen molar-refractivity contribution >= 4 is 28.5 Å². The number of hydrogen-bond donors (Lipinski definition) is 4. The van der Waals surface area contributed by atoms with Crippen molar-refractivity contribution in [2.24, 2.45) is 0 Å². The summed E-state index contributed by atoms with van der Waals surface area (Å²) in [5, 5.41) is 12.3. The Labute approximate surface area is 155 Å². The van der Waals surface area contributed by atoms with E-state index in [1.165, 1.54) is 12.1 Å². The first-order chi connectivity index (χ1) is 13.1. The summed E-state index contributed by atoms with van der Waals surface area (Å²) in [6, 6.07) is 13.8. The van der Waals surface area contributed by atoms with Crippen molar-refractivity contribution in [1.29, 1.82) is 0 Å². The Morgan fingerprint density at radius 3 is 2.63 bits per heavy atom. The van der Waals surface area contributed by atoms with E-state index in [0.717, 1.165) is 16.7 Å². The van der Waals surface area contributed by atoms with Crippen molar-refractivity contribution in [2.75, 3.05) is 12.4 Å². The summed E-state index contributed by atoms with van der Waals surface area (Å²) < 4.78 is 5.18. The van der Waals surface area contributed by atoms with Crippen molar-refractivity contribution < 1.29 is 19.5 Å². The number of anilines is 1. The number of ether oxygens (including phenoxy) is 1. The highest BCUT2D eigenvalue weighted by Crippen LogP contribution is 2.23. The summed E-state index contributed by atoms with van der Waals surface area (Å²) in [5.74, 6) is 6.15. The molecule has 0 aliphatic rings. The number of carbonyl (C=O) groups excluding carboxylic acids is 2. The van der Waals surface area contributed by atoms with E-state index in [-0.39, 0.29) is 12.3 Å². The number of carbonyl (C=O) groups is 2. The molecular weight excluding hydrogens is 346 g/mol. The van der Waals surface area contributed by atoms with Gasteiger partial charge in [-0.1, -0.05) is 11.8 Å². The predicted octanol–water partition coefficient (Wildman–Crippen LogP) is 2.68. The van der Waals surface area contributed by atoms with Gasteiger partial charge in [0.1, 0.15) is 11.6 Å². The minimum Gasteiger partial charge on any atom is -0.497 e. The molecule has 1 heterocycles. The Bertz CT molecular complexity index is 1040. The lowest BCUT2D eigenvalue weighted by atomic mass is 10.1. The Morgan fingerprint density at radius 2 is 1.93 bits per heavy atom. The molecule has 1 aromatic heterocycles. The lowest BCUT2D eigenvalue weighted by Crippen LogP contribution is -2.18. The number of aromatic amines is 1. The van der Waals surface area contributed by atoms with Crippen LogP contribution in [-0.4, -0.2) is 29.1 Å². The van der Waals surface area contributed by atoms with Gasteiger partial charge in [-0.2, -0.15) is 0 Å². The van der Waals surface area contributed by atoms with Crippen LogP contribution in [-0.2, 0) is 4.79 Å². The van der Waals surface area contributed by atoms with E-state index in [0.29, 0.717) is 16.9 Å². The molecule has 0 saturated heterocycles. The van der Waals surface area contributed by atoms with Gasteiger partial charge in [0.25, 0.3) is 5.91 Å². The van der Waals surface area contributed by atoms with E-state index < -0.39 is 5.91 Å². The Balaban J connectivity index is 1.60. The summed E-state index contributed by atoms with van der Waals surface area (Å²) in [5.41, 5.74) is 3.43. The van der Waals surface area contributed by atoms with Crippen molar-refractivity contribution in [3.8, 4) is 17.6 Å². The largest absolute Gasteiger partial charge is 0.497 e. The van der Waals surface area contributed by atoms with E-state index in [1.54, 1.807) is 24.7 Å². The fourth-order valence-electron chi connectivity index (χ4n) is 2.50. The number of methoxy groups -OCH3 is 1. The number of rotatable bonds is 4. The molecule has 0 saturated carbocycles. The number of amides is 2. The number of hydroxylamine groups is 1. The van der Waals surface area contributed by atoms with Crippen LogP contribution in [0.5, 0.6) is 5.75 Å². The van der Waals surface area contributed by atoms with Crippen molar-refractivity contribution in [3.05, 3.63) is 59.7 Å². The predicted molar refractivity (Wildman–Crippen MR) is 101 cm³/mol. The zero-order valence-electron chi connectivity index (χ0n) is 14.5. The molecule has 2 aromatic carbocycles. The van der Waals surface area contributed by atoms with Gasteiger partial charge in [0, 0.05) is 22.0 Å². The second-order valence-corrected chi connectivity index (χ2v) is 5.68. The monoisotopic (exact) mass is 363 g/mol. The molecule has 0 radical (unpaired) electrons. The van der Waals surface area contributed by atoms with Gasteiger partial charge in [-0.25, -0.2) is 5.48 Å². The zero-order valence-corrected chi connectivity index (χ0v) is 14.5. The van der Waals surface area contributed by atoms with Crippen LogP contribution in [0.2, 0.25) is 0 Å². The summed E-state index contributed by atoms with van der Waals surface area (Å²) >= 11 is 0. The second-order valence-electron chi connectivity index (χ2n) is 5.68. The third kappa shape index (κ3) is 4.45. The fraction of sp³-hybridized carbons (Fsp3) is 0.100. The highest BCUT2D eigenvalue weighted by atomic mass is 16.5. The molecule has 27 heavy (non-hydrogen) atoms. The number of nitrogens with one attached hydrogen (secondary N) is 3. The van der Waals surface area contributed by atoms with Crippen molar-refractivity contribution in [2.45, 2.75) is 6.42 Å². The molecule has 3 aromatic rings. The molecule has 0 aliphatic carbocycles. The van der Waals surface area contributed by atoms with Gasteiger partial charge in [-0.3, -0.25) is 14.8 Å². The Hall–Kier alpha value is -3.76. The minimum atomic E-state index is -0.593. The van der Waals surface area contributed by atoms with Crippen LogP contribution < -0.4 is 15.5 Å². The van der Waals surface area contributed by atoms with Crippen LogP contribution in [0.25, 0.3) is 10.9 Å². The maximum atomic E-state index is 12.0. The highest BCUT2D eigenvalue weighted by Gasteiger charge is 2.06. The lowest BCUT2D eigenvalue weighted by Gasteiger charge is -1.99. The third-order valence-electron chi connectivity index (χ3n) is 3.83. The SMILES string of the molecule is COc1ccc2[nH]c(NC(=O)CC#Cc3ccc(C(=O)NO)cc3)cc2c1. The molecule has 3 rings (SSSR count). The van der Waals surface area contributed by atoms with Crippen LogP contribution in [0.1, 0.15) is 22.3 Å². The molecular formula is C20H17N3O4. The van der Waals surface area contributed by atoms with Crippen LogP contribution in [0.15, 0.2) is 48.5 Å². The molecule has 7 heteroatoms. The van der Waals surface area contributed by atoms with Gasteiger partial charge in [-0.05, 0) is 48.5 Å². The number of fused-ring (bicyclic) bond motifs is 1. The third-order valence-corrected chi connectivity index (χ3v) is 3.83. The molecule has 136 valence electrons. The number of hydrogen-bond acceptors (Lipinski definition) is 4. The van der Waals surface area contributed by atoms with E-state index in [1.807, 2.05) is 24.3 Å². The topological polar surface area (TPSA) is 103 Å². The van der Waals surface area contributed by atoms with Crippen LogP contribution in [0.4, 0.5) is 5.82 Å². The van der Waals surface area contributed by atoms with Gasteiger partial charge in [0.2, 0.25) is 5.91 Å². The second kappa shape index (κ2) is 8.08. The summed E-state index contributed by atoms with van der Waals surface area (Å²) in [6.07, 6.45) is 0.0254. The van der Waals surface area contributed by atoms with E-state index >= 15 is 0 Å². The number of aromatic nitrogens is 1. The molecule has 2 amide bonds. The molecule has 4 N–H and O–H groups in total. The maximum absolute atomic E-state index is 12.0. The summed E-state index contributed by atoms with van der Waals surface area (Å²) in [7, 11) is 1.60. The molecule has 0 bridgehead atoms. The van der Waals surface area contributed by atoms with Gasteiger partial charge < -0.3 is 15.0 Å². The Kier molecular flexibility index (Phi) is 5.40. The first-order valence-corrected chi connectivity index (χ1v) is 8.09. The van der Waals surface area contributed by atoms with Gasteiger partial charge in [0.05, 0.1) is 13.5 Å². The standard InChI is InChI=1S/C20H17N3O4/c1-27-16-9-10-17-15(11-16)12-18(21-17)22-19(24)4-2-3-13-5-7-14(8-6-13)20(25)23-26/h5-12,21,26H,4H2,1H3,(H,22,24)(H,23,25). The molecule has 0 aliphatic heterocycles. The molecule has 0 unspecified atom stereocenters. The fourth-order valence-corrected chi connectivity index (χ4v) is 2.50. The lowest BCUT2D eigenvalue weighted by molar-refractivity contribution is -0.115. The van der Waals surface area contributed by atoms with E-state index in [2.05, 4.69) is 22.1 Å². The summed E-state index contributed by atoms with van der Waals surface area (Å²) in [4.78, 5) is 26.4. The van der Waals surface area contributed by atoms with Crippen LogP contribution >= 0.6 is 0 Å². The first-order valence-electron chi connectivity index (χ1n) is 8.09. The van der Waals surface area contributed by atoms with Gasteiger partial charge in [-0.15, -0.1) is 0 Å². The normalized spacial score (nSPS) is 10.0. The molecule has 0 atom stereocenters. The quantitative estimate of drug-likeness (QED) is 0.325. The number of benzene rings is 2. The molecule has 0 spiro atoms. The highest BCUT2D eigenvalue weighted by molar-refractivity contribution is 5.95. The van der Waals surface area contributed by atoms with Gasteiger partial charge in [0.15, 0.2) is 0 Å². The van der Waals surface area contributed by atoms with Gasteiger partial charge >= 0.3 is 0 Å². The molecule has 7 nitrogen and oxygen atoms in total. The Morgan fingerprint density at radius 1 is 1.15 bits per heavy atom. The summed E-state index contributed by atoms with van der Waals surface area (Å²) in [6.45, 7) is 0.